The molecule has 2 nitrogen and oxygen atoms in total. The molecule has 0 atom stereocenters. The number of para-hydroxylation sites is 1. The average Bonchev–Trinajstić information content (AvgIpc) is 2.50. The fourth-order valence-corrected chi connectivity index (χ4v) is 2.72. The van der Waals surface area contributed by atoms with Gasteiger partial charge in [-0.1, -0.05) is 61.5 Å². The van der Waals surface area contributed by atoms with E-state index >= 15 is 0 Å². The van der Waals surface area contributed by atoms with E-state index in [-0.39, 0.29) is 5.91 Å². The van der Waals surface area contributed by atoms with Crippen LogP contribution in [-0.4, -0.2) is 5.91 Å². The van der Waals surface area contributed by atoms with Gasteiger partial charge in [0, 0.05) is 6.42 Å². The summed E-state index contributed by atoms with van der Waals surface area (Å²) in [6, 6.07) is 16.4. The van der Waals surface area contributed by atoms with E-state index in [1.807, 2.05) is 42.2 Å². The van der Waals surface area contributed by atoms with Gasteiger partial charge in [-0.2, -0.15) is 0 Å². The first-order chi connectivity index (χ1) is 10.3. The summed E-state index contributed by atoms with van der Waals surface area (Å²) in [5.74, 6) is 0.190. The third-order valence-electron chi connectivity index (χ3n) is 3.82. The first-order valence-electron chi connectivity index (χ1n) is 7.45. The summed E-state index contributed by atoms with van der Waals surface area (Å²) in [5, 5.41) is 0. The van der Waals surface area contributed by atoms with Gasteiger partial charge in [0.25, 0.3) is 0 Å². The number of amides is 1. The zero-order valence-electron chi connectivity index (χ0n) is 12.3. The minimum atomic E-state index is 0.190. The van der Waals surface area contributed by atoms with E-state index in [1.54, 1.807) is 0 Å². The number of hydrogen-bond donors (Lipinski definition) is 0. The second-order valence-corrected chi connectivity index (χ2v) is 5.32. The van der Waals surface area contributed by atoms with Crippen molar-refractivity contribution in [1.82, 2.24) is 0 Å². The molecular weight excluding hydrogens is 258 g/mol. The Labute approximate surface area is 125 Å². The van der Waals surface area contributed by atoms with Crippen LogP contribution in [0.25, 0.3) is 12.2 Å². The monoisotopic (exact) mass is 277 g/mol. The Hall–Kier alpha value is -2.35. The largest absolute Gasteiger partial charge is 0.307 e. The highest BCUT2D eigenvalue weighted by molar-refractivity contribution is 5.97. The standard InChI is InChI=1S/C19H19NO/c1-2-7-19(21)20-14-17-10-4-3-8-15(17)12-13-16-9-5-6-11-18(16)20/h3-6,8-13H,2,7,14H2,1H3/b13-12-. The Balaban J connectivity index is 2.11. The van der Waals surface area contributed by atoms with E-state index in [0.717, 1.165) is 17.7 Å². The molecule has 0 unspecified atom stereocenters. The van der Waals surface area contributed by atoms with Gasteiger partial charge in [0.2, 0.25) is 5.91 Å². The van der Waals surface area contributed by atoms with Crippen LogP contribution in [0, 0.1) is 0 Å². The van der Waals surface area contributed by atoms with Gasteiger partial charge in [-0.3, -0.25) is 4.79 Å². The van der Waals surface area contributed by atoms with Gasteiger partial charge in [0.1, 0.15) is 0 Å². The minimum absolute atomic E-state index is 0.190. The lowest BCUT2D eigenvalue weighted by Gasteiger charge is -2.27. The number of fused-ring (bicyclic) bond motifs is 2. The highest BCUT2D eigenvalue weighted by atomic mass is 16.2. The van der Waals surface area contributed by atoms with Gasteiger partial charge >= 0.3 is 0 Å². The Morgan fingerprint density at radius 3 is 2.48 bits per heavy atom. The van der Waals surface area contributed by atoms with E-state index in [4.69, 9.17) is 0 Å². The molecule has 1 aliphatic heterocycles. The third-order valence-corrected chi connectivity index (χ3v) is 3.82. The first-order valence-corrected chi connectivity index (χ1v) is 7.45. The quantitative estimate of drug-likeness (QED) is 0.791. The van der Waals surface area contributed by atoms with E-state index in [0.29, 0.717) is 13.0 Å². The van der Waals surface area contributed by atoms with Crippen molar-refractivity contribution < 1.29 is 4.79 Å². The lowest BCUT2D eigenvalue weighted by molar-refractivity contribution is -0.118. The number of hydrogen-bond acceptors (Lipinski definition) is 1. The molecule has 0 radical (unpaired) electrons. The molecule has 0 saturated carbocycles. The van der Waals surface area contributed by atoms with Crippen LogP contribution in [-0.2, 0) is 11.3 Å². The second-order valence-electron chi connectivity index (χ2n) is 5.32. The number of carbonyl (C=O) groups excluding carboxylic acids is 1. The molecule has 0 fully saturated rings. The predicted octanol–water partition coefficient (Wildman–Crippen LogP) is 4.50. The SMILES string of the molecule is CCCC(=O)N1Cc2ccccc2/C=C\c2ccccc21. The van der Waals surface area contributed by atoms with E-state index < -0.39 is 0 Å². The molecule has 0 spiro atoms. The number of carbonyl (C=O) groups is 1. The van der Waals surface area contributed by atoms with Crippen LogP contribution < -0.4 is 4.90 Å². The van der Waals surface area contributed by atoms with Crippen molar-refractivity contribution in [2.75, 3.05) is 4.90 Å². The minimum Gasteiger partial charge on any atom is -0.307 e. The van der Waals surface area contributed by atoms with Crippen molar-refractivity contribution in [2.24, 2.45) is 0 Å². The lowest BCUT2D eigenvalue weighted by atomic mass is 10.0. The molecule has 0 aromatic heterocycles. The van der Waals surface area contributed by atoms with Crippen LogP contribution in [0.5, 0.6) is 0 Å². The van der Waals surface area contributed by atoms with Crippen molar-refractivity contribution in [2.45, 2.75) is 26.3 Å². The van der Waals surface area contributed by atoms with E-state index in [9.17, 15) is 4.79 Å². The van der Waals surface area contributed by atoms with Gasteiger partial charge < -0.3 is 4.90 Å². The smallest absolute Gasteiger partial charge is 0.227 e. The topological polar surface area (TPSA) is 20.3 Å². The van der Waals surface area contributed by atoms with Crippen LogP contribution in [0.15, 0.2) is 48.5 Å². The molecule has 106 valence electrons. The van der Waals surface area contributed by atoms with Gasteiger partial charge in [-0.15, -0.1) is 0 Å². The van der Waals surface area contributed by atoms with Crippen LogP contribution in [0.1, 0.15) is 36.5 Å². The summed E-state index contributed by atoms with van der Waals surface area (Å²) in [4.78, 5) is 14.5. The van der Waals surface area contributed by atoms with E-state index in [2.05, 4.69) is 30.4 Å². The summed E-state index contributed by atoms with van der Waals surface area (Å²) in [7, 11) is 0. The van der Waals surface area contributed by atoms with E-state index in [1.165, 1.54) is 11.1 Å². The summed E-state index contributed by atoms with van der Waals surface area (Å²) in [5.41, 5.74) is 4.46. The fourth-order valence-electron chi connectivity index (χ4n) is 2.72. The third kappa shape index (κ3) is 2.75. The highest BCUT2D eigenvalue weighted by Gasteiger charge is 2.19. The van der Waals surface area contributed by atoms with Crippen molar-refractivity contribution in [3.63, 3.8) is 0 Å². The molecule has 21 heavy (non-hydrogen) atoms. The molecule has 2 aromatic carbocycles. The van der Waals surface area contributed by atoms with Crippen LogP contribution in [0.2, 0.25) is 0 Å². The molecular formula is C19H19NO. The van der Waals surface area contributed by atoms with Crippen LogP contribution in [0.4, 0.5) is 5.69 Å². The summed E-state index contributed by atoms with van der Waals surface area (Å²) in [6.07, 6.45) is 5.69. The van der Waals surface area contributed by atoms with Crippen LogP contribution in [0.3, 0.4) is 0 Å². The zero-order valence-corrected chi connectivity index (χ0v) is 12.3. The Morgan fingerprint density at radius 1 is 1.00 bits per heavy atom. The average molecular weight is 277 g/mol. The maximum atomic E-state index is 12.5. The number of benzene rings is 2. The maximum Gasteiger partial charge on any atom is 0.227 e. The second kappa shape index (κ2) is 5.96. The zero-order chi connectivity index (χ0) is 14.7. The molecule has 2 aromatic rings. The maximum absolute atomic E-state index is 12.5. The molecule has 3 rings (SSSR count). The Kier molecular flexibility index (Phi) is 3.87. The van der Waals surface area contributed by atoms with Gasteiger partial charge in [0.05, 0.1) is 12.2 Å². The van der Waals surface area contributed by atoms with Gasteiger partial charge in [-0.05, 0) is 29.2 Å². The van der Waals surface area contributed by atoms with Crippen molar-refractivity contribution in [3.8, 4) is 0 Å². The molecule has 1 heterocycles. The molecule has 0 N–H and O–H groups in total. The fraction of sp³-hybridized carbons (Fsp3) is 0.211. The molecule has 1 amide bonds. The summed E-state index contributed by atoms with van der Waals surface area (Å²) < 4.78 is 0. The molecule has 0 saturated heterocycles. The predicted molar refractivity (Wildman–Crippen MR) is 87.9 cm³/mol. The Morgan fingerprint density at radius 2 is 1.67 bits per heavy atom. The van der Waals surface area contributed by atoms with Crippen molar-refractivity contribution in [3.05, 3.63) is 65.2 Å². The molecule has 0 bridgehead atoms. The lowest BCUT2D eigenvalue weighted by Crippen LogP contribution is -2.31. The van der Waals surface area contributed by atoms with Gasteiger partial charge in [-0.25, -0.2) is 0 Å². The van der Waals surface area contributed by atoms with Crippen LogP contribution >= 0.6 is 0 Å². The first kappa shape index (κ1) is 13.6. The molecule has 1 aliphatic rings. The number of rotatable bonds is 2. The summed E-state index contributed by atoms with van der Waals surface area (Å²) in [6.45, 7) is 2.68. The molecule has 2 heteroatoms. The van der Waals surface area contributed by atoms with Crippen molar-refractivity contribution in [1.29, 1.82) is 0 Å². The normalized spacial score (nSPS) is 14.6. The number of nitrogens with zero attached hydrogens (tertiary/aromatic N) is 1. The highest BCUT2D eigenvalue weighted by Crippen LogP contribution is 2.29. The van der Waals surface area contributed by atoms with Gasteiger partial charge in [0.15, 0.2) is 0 Å². The molecule has 0 aliphatic carbocycles. The Bertz CT molecular complexity index is 687. The number of anilines is 1. The van der Waals surface area contributed by atoms with Crippen molar-refractivity contribution >= 4 is 23.7 Å². The summed E-state index contributed by atoms with van der Waals surface area (Å²) >= 11 is 0.